The van der Waals surface area contributed by atoms with Gasteiger partial charge in [0.05, 0.1) is 19.1 Å². The van der Waals surface area contributed by atoms with Crippen molar-refractivity contribution in [1.29, 1.82) is 0 Å². The Morgan fingerprint density at radius 3 is 2.67 bits per heavy atom. The normalized spacial score (nSPS) is 29.1. The van der Waals surface area contributed by atoms with Crippen LogP contribution in [0.1, 0.15) is 31.7 Å². The summed E-state index contributed by atoms with van der Waals surface area (Å²) in [5.41, 5.74) is 7.41. The molecule has 5 unspecified atom stereocenters. The summed E-state index contributed by atoms with van der Waals surface area (Å²) in [7, 11) is 0. The van der Waals surface area contributed by atoms with Crippen LogP contribution in [0.3, 0.4) is 0 Å². The van der Waals surface area contributed by atoms with Gasteiger partial charge in [0.15, 0.2) is 0 Å². The van der Waals surface area contributed by atoms with E-state index in [4.69, 9.17) is 10.5 Å². The molecule has 24 heavy (non-hydrogen) atoms. The van der Waals surface area contributed by atoms with E-state index in [9.17, 15) is 4.79 Å². The molecule has 0 aliphatic heterocycles. The molecule has 5 atom stereocenters. The first-order valence-corrected chi connectivity index (χ1v) is 8.80. The number of halogens is 1. The molecule has 0 spiro atoms. The summed E-state index contributed by atoms with van der Waals surface area (Å²) in [5, 5.41) is 3.09. The molecule has 0 heterocycles. The molecular formula is C19H29ClN2O2. The average molecular weight is 353 g/mol. The lowest BCUT2D eigenvalue weighted by atomic mass is 9.84. The van der Waals surface area contributed by atoms with E-state index in [1.54, 1.807) is 0 Å². The van der Waals surface area contributed by atoms with Crippen LogP contribution < -0.4 is 11.1 Å². The molecule has 2 bridgehead atoms. The maximum atomic E-state index is 12.4. The number of benzene rings is 1. The van der Waals surface area contributed by atoms with E-state index in [0.717, 1.165) is 6.42 Å². The number of nitrogens with two attached hydrogens (primary N) is 1. The van der Waals surface area contributed by atoms with Gasteiger partial charge in [0.2, 0.25) is 5.91 Å². The van der Waals surface area contributed by atoms with Crippen LogP contribution in [-0.2, 0) is 16.1 Å². The average Bonchev–Trinajstić information content (AvgIpc) is 3.15. The van der Waals surface area contributed by atoms with Crippen LogP contribution in [-0.4, -0.2) is 25.1 Å². The van der Waals surface area contributed by atoms with Gasteiger partial charge in [-0.3, -0.25) is 4.79 Å². The molecule has 4 nitrogen and oxygen atoms in total. The Hall–Kier alpha value is -1.10. The molecule has 2 fully saturated rings. The van der Waals surface area contributed by atoms with Gasteiger partial charge in [-0.05, 0) is 42.6 Å². The summed E-state index contributed by atoms with van der Waals surface area (Å²) >= 11 is 0. The number of nitrogens with one attached hydrogen (secondary N) is 1. The Morgan fingerprint density at radius 2 is 2.00 bits per heavy atom. The van der Waals surface area contributed by atoms with E-state index >= 15 is 0 Å². The third-order valence-electron chi connectivity index (χ3n) is 5.42. The molecule has 0 radical (unpaired) electrons. The van der Waals surface area contributed by atoms with Crippen molar-refractivity contribution in [2.24, 2.45) is 29.4 Å². The Bertz CT molecular complexity index is 523. The number of hydrogen-bond acceptors (Lipinski definition) is 3. The van der Waals surface area contributed by atoms with Gasteiger partial charge in [-0.25, -0.2) is 0 Å². The van der Waals surface area contributed by atoms with Crippen LogP contribution in [0.5, 0.6) is 0 Å². The van der Waals surface area contributed by atoms with Gasteiger partial charge >= 0.3 is 0 Å². The maximum absolute atomic E-state index is 12.4. The van der Waals surface area contributed by atoms with Crippen molar-refractivity contribution >= 4 is 18.3 Å². The molecule has 0 saturated heterocycles. The highest BCUT2D eigenvalue weighted by Crippen LogP contribution is 2.47. The fourth-order valence-electron chi connectivity index (χ4n) is 4.13. The first kappa shape index (κ1) is 19.2. The zero-order valence-electron chi connectivity index (χ0n) is 14.3. The largest absolute Gasteiger partial charge is 0.376 e. The smallest absolute Gasteiger partial charge is 0.224 e. The van der Waals surface area contributed by atoms with Crippen molar-refractivity contribution in [2.45, 2.75) is 38.8 Å². The Kier molecular flexibility index (Phi) is 7.08. The Labute approximate surface area is 150 Å². The third kappa shape index (κ3) is 4.50. The zero-order chi connectivity index (χ0) is 16.2. The number of fused-ring (bicyclic) bond motifs is 2. The van der Waals surface area contributed by atoms with E-state index in [-0.39, 0.29) is 30.3 Å². The van der Waals surface area contributed by atoms with Crippen LogP contribution >= 0.6 is 12.4 Å². The first-order valence-electron chi connectivity index (χ1n) is 8.80. The van der Waals surface area contributed by atoms with Gasteiger partial charge in [-0.2, -0.15) is 0 Å². The van der Waals surface area contributed by atoms with Crippen molar-refractivity contribution in [3.63, 3.8) is 0 Å². The molecule has 1 aromatic carbocycles. The number of ether oxygens (including phenoxy) is 1. The van der Waals surface area contributed by atoms with E-state index in [0.29, 0.717) is 37.5 Å². The van der Waals surface area contributed by atoms with Gasteiger partial charge in [-0.1, -0.05) is 37.3 Å². The number of hydrogen-bond donors (Lipinski definition) is 2. The van der Waals surface area contributed by atoms with Crippen LogP contribution in [0.2, 0.25) is 0 Å². The fourth-order valence-corrected chi connectivity index (χ4v) is 4.13. The summed E-state index contributed by atoms with van der Waals surface area (Å²) in [6, 6.07) is 10.2. The number of amides is 1. The van der Waals surface area contributed by atoms with Crippen molar-refractivity contribution in [2.75, 3.05) is 13.2 Å². The summed E-state index contributed by atoms with van der Waals surface area (Å²) in [4.78, 5) is 12.4. The molecule has 3 N–H and O–H groups in total. The third-order valence-corrected chi connectivity index (χ3v) is 5.42. The molecule has 2 aliphatic carbocycles. The molecule has 134 valence electrons. The number of carbonyl (C=O) groups excluding carboxylic acids is 1. The second kappa shape index (κ2) is 8.84. The summed E-state index contributed by atoms with van der Waals surface area (Å²) < 4.78 is 5.73. The Balaban J connectivity index is 0.00000208. The van der Waals surface area contributed by atoms with Crippen molar-refractivity contribution in [1.82, 2.24) is 5.32 Å². The van der Waals surface area contributed by atoms with Crippen LogP contribution in [0.15, 0.2) is 30.3 Å². The van der Waals surface area contributed by atoms with Crippen LogP contribution in [0.4, 0.5) is 0 Å². The molecule has 1 amide bonds. The fraction of sp³-hybridized carbons (Fsp3) is 0.632. The summed E-state index contributed by atoms with van der Waals surface area (Å²) in [6.45, 7) is 4.04. The number of carbonyl (C=O) groups is 1. The van der Waals surface area contributed by atoms with Gasteiger partial charge in [0.25, 0.3) is 0 Å². The zero-order valence-corrected chi connectivity index (χ0v) is 15.1. The van der Waals surface area contributed by atoms with E-state index in [1.807, 2.05) is 18.2 Å². The van der Waals surface area contributed by atoms with Gasteiger partial charge in [-0.15, -0.1) is 12.4 Å². The molecule has 2 saturated carbocycles. The predicted octanol–water partition coefficient (Wildman–Crippen LogP) is 2.75. The molecule has 3 rings (SSSR count). The molecular weight excluding hydrogens is 324 g/mol. The second-order valence-corrected chi connectivity index (χ2v) is 7.29. The predicted molar refractivity (Wildman–Crippen MR) is 97.8 cm³/mol. The van der Waals surface area contributed by atoms with Gasteiger partial charge in [0, 0.05) is 12.6 Å². The topological polar surface area (TPSA) is 64.4 Å². The summed E-state index contributed by atoms with van der Waals surface area (Å²) in [6.07, 6.45) is 3.53. The number of rotatable bonds is 7. The molecule has 0 aromatic heterocycles. The lowest BCUT2D eigenvalue weighted by molar-refractivity contribution is -0.127. The van der Waals surface area contributed by atoms with Crippen LogP contribution in [0, 0.1) is 23.7 Å². The SMILES string of the molecule is CC(CNC(=O)C1C2CCC(C2)C1N)COCc1ccccc1.Cl. The van der Waals surface area contributed by atoms with E-state index in [1.165, 1.54) is 18.4 Å². The Morgan fingerprint density at radius 1 is 1.29 bits per heavy atom. The van der Waals surface area contributed by atoms with Gasteiger partial charge in [0.1, 0.15) is 0 Å². The highest BCUT2D eigenvalue weighted by atomic mass is 35.5. The minimum atomic E-state index is 0. The maximum Gasteiger partial charge on any atom is 0.224 e. The highest BCUT2D eigenvalue weighted by molar-refractivity contribution is 5.85. The van der Waals surface area contributed by atoms with Crippen LogP contribution in [0.25, 0.3) is 0 Å². The molecule has 2 aliphatic rings. The lowest BCUT2D eigenvalue weighted by Crippen LogP contribution is -2.46. The second-order valence-electron chi connectivity index (χ2n) is 7.29. The monoisotopic (exact) mass is 352 g/mol. The first-order chi connectivity index (χ1) is 11.1. The highest BCUT2D eigenvalue weighted by Gasteiger charge is 2.48. The molecule has 1 aromatic rings. The standard InChI is InChI=1S/C19H28N2O2.ClH/c1-13(11-23-12-14-5-3-2-4-6-14)10-21-19(22)17-15-7-8-16(9-15)18(17)20;/h2-6,13,15-18H,7-12,20H2,1H3,(H,21,22);1H. The van der Waals surface area contributed by atoms with Crippen molar-refractivity contribution in [3.8, 4) is 0 Å². The lowest BCUT2D eigenvalue weighted by Gasteiger charge is -2.27. The summed E-state index contributed by atoms with van der Waals surface area (Å²) in [5.74, 6) is 1.57. The van der Waals surface area contributed by atoms with Crippen molar-refractivity contribution in [3.05, 3.63) is 35.9 Å². The van der Waals surface area contributed by atoms with Gasteiger partial charge < -0.3 is 15.8 Å². The van der Waals surface area contributed by atoms with E-state index < -0.39 is 0 Å². The quantitative estimate of drug-likeness (QED) is 0.793. The van der Waals surface area contributed by atoms with E-state index in [2.05, 4.69) is 24.4 Å². The minimum absolute atomic E-state index is 0. The van der Waals surface area contributed by atoms with Crippen molar-refractivity contribution < 1.29 is 9.53 Å². The molecule has 5 heteroatoms. The minimum Gasteiger partial charge on any atom is -0.376 e.